The van der Waals surface area contributed by atoms with Crippen LogP contribution >= 0.6 is 0 Å². The summed E-state index contributed by atoms with van der Waals surface area (Å²) in [5.41, 5.74) is 3.35. The van der Waals surface area contributed by atoms with Crippen LogP contribution in [0.2, 0.25) is 0 Å². The first kappa shape index (κ1) is 24.2. The van der Waals surface area contributed by atoms with Gasteiger partial charge in [-0.2, -0.15) is 5.10 Å². The van der Waals surface area contributed by atoms with Crippen LogP contribution in [0.25, 0.3) is 0 Å². The van der Waals surface area contributed by atoms with E-state index in [0.717, 1.165) is 0 Å². The highest BCUT2D eigenvalue weighted by atomic mass is 16.5. The van der Waals surface area contributed by atoms with Crippen molar-refractivity contribution >= 4 is 29.6 Å². The minimum atomic E-state index is -0.865. The third-order valence-electron chi connectivity index (χ3n) is 3.92. The molecular formula is C22H26N4O6. The number of nitrogens with zero attached hydrogens (tertiary/aromatic N) is 1. The highest BCUT2D eigenvalue weighted by Crippen LogP contribution is 2.28. The smallest absolute Gasteiger partial charge is 0.329 e. The summed E-state index contributed by atoms with van der Waals surface area (Å²) in [5, 5.41) is 8.85. The molecule has 32 heavy (non-hydrogen) atoms. The van der Waals surface area contributed by atoms with Crippen molar-refractivity contribution in [3.63, 3.8) is 0 Å². The van der Waals surface area contributed by atoms with Crippen LogP contribution < -0.4 is 30.3 Å². The predicted octanol–water partition coefficient (Wildman–Crippen LogP) is 1.70. The van der Waals surface area contributed by atoms with E-state index in [2.05, 4.69) is 21.2 Å². The van der Waals surface area contributed by atoms with Gasteiger partial charge in [0, 0.05) is 12.2 Å². The summed E-state index contributed by atoms with van der Waals surface area (Å²) in [6.45, 7) is 4.02. The Morgan fingerprint density at radius 1 is 0.969 bits per heavy atom. The number of amides is 3. The van der Waals surface area contributed by atoms with Crippen LogP contribution in [0, 0.1) is 0 Å². The minimum Gasteiger partial charge on any atom is -0.497 e. The summed E-state index contributed by atoms with van der Waals surface area (Å²) >= 11 is 0. The van der Waals surface area contributed by atoms with Gasteiger partial charge in [-0.05, 0) is 61.9 Å². The van der Waals surface area contributed by atoms with Crippen molar-refractivity contribution in [1.82, 2.24) is 10.7 Å². The number of ether oxygens (including phenoxy) is 3. The van der Waals surface area contributed by atoms with Crippen LogP contribution in [0.15, 0.2) is 47.6 Å². The number of likely N-dealkylation sites (N-methyl/N-ethyl adjacent to an activating group) is 1. The summed E-state index contributed by atoms with van der Waals surface area (Å²) in [6, 6.07) is 11.9. The van der Waals surface area contributed by atoms with Gasteiger partial charge in [-0.25, -0.2) is 5.43 Å². The number of carbonyl (C=O) groups excluding carboxylic acids is 3. The summed E-state index contributed by atoms with van der Waals surface area (Å²) in [4.78, 5) is 35.1. The highest BCUT2D eigenvalue weighted by Gasteiger charge is 2.11. The van der Waals surface area contributed by atoms with Gasteiger partial charge in [-0.1, -0.05) is 0 Å². The predicted molar refractivity (Wildman–Crippen MR) is 119 cm³/mol. The van der Waals surface area contributed by atoms with Crippen LogP contribution in [0.3, 0.4) is 0 Å². The standard InChI is InChI=1S/C22H26N4O6/c1-4-23-21(28)22(29)26-24-13-15-6-11-18(19(12-15)31-5-2)32-14-20(27)25-16-7-9-17(30-3)10-8-16/h6-13H,4-5,14H2,1-3H3,(H,23,28)(H,25,27)(H,26,29)/b24-13-. The molecule has 0 aliphatic rings. The molecule has 3 N–H and O–H groups in total. The van der Waals surface area contributed by atoms with Gasteiger partial charge < -0.3 is 24.8 Å². The average Bonchev–Trinajstić information content (AvgIpc) is 2.79. The molecule has 0 aliphatic carbocycles. The molecule has 0 unspecified atom stereocenters. The number of carbonyl (C=O) groups is 3. The first-order chi connectivity index (χ1) is 15.5. The number of methoxy groups -OCH3 is 1. The number of benzene rings is 2. The highest BCUT2D eigenvalue weighted by molar-refractivity contribution is 6.35. The maximum absolute atomic E-state index is 12.2. The van der Waals surface area contributed by atoms with Crippen LogP contribution in [-0.4, -0.2) is 50.8 Å². The molecule has 2 aromatic rings. The lowest BCUT2D eigenvalue weighted by Gasteiger charge is -2.13. The maximum Gasteiger partial charge on any atom is 0.329 e. The van der Waals surface area contributed by atoms with Gasteiger partial charge in [0.2, 0.25) is 0 Å². The van der Waals surface area contributed by atoms with Gasteiger partial charge >= 0.3 is 11.8 Å². The normalized spacial score (nSPS) is 10.3. The van der Waals surface area contributed by atoms with E-state index >= 15 is 0 Å². The lowest BCUT2D eigenvalue weighted by Crippen LogP contribution is -2.37. The van der Waals surface area contributed by atoms with Crippen LogP contribution in [0.4, 0.5) is 5.69 Å². The number of nitrogens with one attached hydrogen (secondary N) is 3. The lowest BCUT2D eigenvalue weighted by molar-refractivity contribution is -0.139. The van der Waals surface area contributed by atoms with Crippen molar-refractivity contribution in [2.45, 2.75) is 13.8 Å². The third kappa shape index (κ3) is 7.63. The molecule has 170 valence electrons. The second-order valence-electron chi connectivity index (χ2n) is 6.26. The Balaban J connectivity index is 1.96. The molecule has 0 saturated carbocycles. The molecule has 0 heterocycles. The summed E-state index contributed by atoms with van der Waals surface area (Å²) in [6.07, 6.45) is 1.36. The summed E-state index contributed by atoms with van der Waals surface area (Å²) in [7, 11) is 1.57. The van der Waals surface area contributed by atoms with E-state index in [9.17, 15) is 14.4 Å². The van der Waals surface area contributed by atoms with E-state index in [1.165, 1.54) is 6.21 Å². The largest absolute Gasteiger partial charge is 0.497 e. The maximum atomic E-state index is 12.2. The molecule has 10 heteroatoms. The molecule has 3 amide bonds. The molecule has 0 bridgehead atoms. The first-order valence-electron chi connectivity index (χ1n) is 9.91. The van der Waals surface area contributed by atoms with Crippen molar-refractivity contribution in [3.05, 3.63) is 48.0 Å². The molecule has 2 aromatic carbocycles. The van der Waals surface area contributed by atoms with Crippen LogP contribution in [0.5, 0.6) is 17.2 Å². The quantitative estimate of drug-likeness (QED) is 0.292. The molecule has 0 atom stereocenters. The first-order valence-corrected chi connectivity index (χ1v) is 9.91. The van der Waals surface area contributed by atoms with Crippen LogP contribution in [0.1, 0.15) is 19.4 Å². The lowest BCUT2D eigenvalue weighted by atomic mass is 10.2. The molecule has 0 saturated heterocycles. The topological polar surface area (TPSA) is 127 Å². The number of anilines is 1. The molecule has 2 rings (SSSR count). The Kier molecular flexibility index (Phi) is 9.51. The Morgan fingerprint density at radius 3 is 2.38 bits per heavy atom. The zero-order chi connectivity index (χ0) is 23.3. The fraction of sp³-hybridized carbons (Fsp3) is 0.273. The third-order valence-corrected chi connectivity index (χ3v) is 3.92. The number of rotatable bonds is 10. The van der Waals surface area contributed by atoms with Gasteiger partial charge in [-0.3, -0.25) is 14.4 Å². The van der Waals surface area contributed by atoms with Crippen molar-refractivity contribution in [3.8, 4) is 17.2 Å². The Morgan fingerprint density at radius 2 is 1.72 bits per heavy atom. The van der Waals surface area contributed by atoms with E-state index in [-0.39, 0.29) is 12.5 Å². The van der Waals surface area contributed by atoms with E-state index in [1.807, 2.05) is 6.92 Å². The molecule has 0 radical (unpaired) electrons. The zero-order valence-electron chi connectivity index (χ0n) is 18.1. The van der Waals surface area contributed by atoms with Gasteiger partial charge in [0.1, 0.15) is 5.75 Å². The van der Waals surface area contributed by atoms with Gasteiger partial charge in [0.25, 0.3) is 5.91 Å². The average molecular weight is 442 g/mol. The second-order valence-corrected chi connectivity index (χ2v) is 6.26. The van der Waals surface area contributed by atoms with E-state index in [4.69, 9.17) is 14.2 Å². The second kappa shape index (κ2) is 12.6. The fourth-order valence-corrected chi connectivity index (χ4v) is 2.46. The van der Waals surface area contributed by atoms with Gasteiger partial charge in [-0.15, -0.1) is 0 Å². The van der Waals surface area contributed by atoms with Crippen LogP contribution in [-0.2, 0) is 14.4 Å². The molecule has 0 aromatic heterocycles. The van der Waals surface area contributed by atoms with Crippen molar-refractivity contribution in [2.24, 2.45) is 5.10 Å². The number of hydrogen-bond donors (Lipinski definition) is 3. The van der Waals surface area contributed by atoms with Crippen molar-refractivity contribution < 1.29 is 28.6 Å². The van der Waals surface area contributed by atoms with Crippen molar-refractivity contribution in [1.29, 1.82) is 0 Å². The van der Waals surface area contributed by atoms with Gasteiger partial charge in [0.15, 0.2) is 18.1 Å². The van der Waals surface area contributed by atoms with E-state index < -0.39 is 11.8 Å². The Hall–Kier alpha value is -4.08. The monoisotopic (exact) mass is 442 g/mol. The minimum absolute atomic E-state index is 0.220. The molecule has 0 aliphatic heterocycles. The summed E-state index contributed by atoms with van der Waals surface area (Å²) < 4.78 is 16.2. The number of hydrogen-bond acceptors (Lipinski definition) is 7. The van der Waals surface area contributed by atoms with Crippen molar-refractivity contribution in [2.75, 3.05) is 32.2 Å². The molecule has 10 nitrogen and oxygen atoms in total. The molecule has 0 fully saturated rings. The Labute approximate surface area is 185 Å². The SMILES string of the molecule is CCNC(=O)C(=O)N/N=C\c1ccc(OCC(=O)Nc2ccc(OC)cc2)c(OCC)c1. The van der Waals surface area contributed by atoms with E-state index in [1.54, 1.807) is 56.5 Å². The molecule has 0 spiro atoms. The Bertz CT molecular complexity index is 959. The fourth-order valence-electron chi connectivity index (χ4n) is 2.46. The van der Waals surface area contributed by atoms with E-state index in [0.29, 0.717) is 41.7 Å². The summed E-state index contributed by atoms with van der Waals surface area (Å²) in [5.74, 6) is -0.499. The van der Waals surface area contributed by atoms with Gasteiger partial charge in [0.05, 0.1) is 19.9 Å². The zero-order valence-corrected chi connectivity index (χ0v) is 18.1. The number of hydrazone groups is 1. The molecular weight excluding hydrogens is 416 g/mol.